The Kier molecular flexibility index (Phi) is 5.87. The van der Waals surface area contributed by atoms with Gasteiger partial charge in [-0.1, -0.05) is 42.8 Å². The summed E-state index contributed by atoms with van der Waals surface area (Å²) in [6, 6.07) is 7.07. The average Bonchev–Trinajstić information content (AvgIpc) is 2.46. The number of halogens is 1. The van der Waals surface area contributed by atoms with Gasteiger partial charge in [-0.3, -0.25) is 0 Å². The molecule has 1 N–H and O–H groups in total. The fraction of sp³-hybridized carbons (Fsp3) is 0.625. The van der Waals surface area contributed by atoms with Crippen LogP contribution in [0.25, 0.3) is 0 Å². The molecule has 1 atom stereocenters. The summed E-state index contributed by atoms with van der Waals surface area (Å²) in [7, 11) is 0. The van der Waals surface area contributed by atoms with E-state index in [1.54, 1.807) is 0 Å². The van der Waals surface area contributed by atoms with Crippen LogP contribution in [0.4, 0.5) is 5.69 Å². The first-order valence-corrected chi connectivity index (χ1v) is 8.27. The van der Waals surface area contributed by atoms with Gasteiger partial charge in [0.15, 0.2) is 0 Å². The van der Waals surface area contributed by atoms with Crippen molar-refractivity contribution in [3.63, 3.8) is 0 Å². The molecule has 1 heterocycles. The van der Waals surface area contributed by atoms with E-state index in [1.807, 2.05) is 0 Å². The first kappa shape index (κ1) is 15.8. The number of benzene rings is 1. The molecular weight excluding hydrogens is 316 g/mol. The van der Waals surface area contributed by atoms with Crippen LogP contribution in [0.3, 0.4) is 0 Å². The summed E-state index contributed by atoms with van der Waals surface area (Å²) in [5, 5.41) is 3.51. The number of nitrogens with zero attached hydrogens (tertiary/aromatic N) is 1. The predicted molar refractivity (Wildman–Crippen MR) is 88.4 cm³/mol. The van der Waals surface area contributed by atoms with Gasteiger partial charge in [0.2, 0.25) is 0 Å². The van der Waals surface area contributed by atoms with E-state index in [9.17, 15) is 0 Å². The molecule has 0 radical (unpaired) electrons. The van der Waals surface area contributed by atoms with Crippen molar-refractivity contribution in [2.75, 3.05) is 24.6 Å². The lowest BCUT2D eigenvalue weighted by Gasteiger charge is -2.35. The fourth-order valence-corrected chi connectivity index (χ4v) is 2.83. The van der Waals surface area contributed by atoms with Gasteiger partial charge in [-0.2, -0.15) is 0 Å². The molecule has 1 aliphatic heterocycles. The van der Waals surface area contributed by atoms with Crippen molar-refractivity contribution < 1.29 is 4.74 Å². The van der Waals surface area contributed by atoms with Gasteiger partial charge in [-0.25, -0.2) is 0 Å². The van der Waals surface area contributed by atoms with Gasteiger partial charge in [0, 0.05) is 35.8 Å². The Morgan fingerprint density at radius 2 is 2.25 bits per heavy atom. The van der Waals surface area contributed by atoms with Gasteiger partial charge in [0.1, 0.15) is 0 Å². The van der Waals surface area contributed by atoms with Crippen LogP contribution in [0, 0.1) is 0 Å². The maximum atomic E-state index is 5.78. The lowest BCUT2D eigenvalue weighted by molar-refractivity contribution is 0.0384. The number of rotatable bonds is 5. The minimum atomic E-state index is 0.355. The SMILES string of the molecule is CCC1CN(c2cc(Br)ccc2CNC(C)C)CCO1. The van der Waals surface area contributed by atoms with E-state index in [0.717, 1.165) is 37.1 Å². The van der Waals surface area contributed by atoms with Crippen LogP contribution in [0.15, 0.2) is 22.7 Å². The molecule has 1 saturated heterocycles. The zero-order valence-corrected chi connectivity index (χ0v) is 14.2. The van der Waals surface area contributed by atoms with E-state index in [-0.39, 0.29) is 0 Å². The lowest BCUT2D eigenvalue weighted by atomic mass is 10.1. The second kappa shape index (κ2) is 7.43. The zero-order chi connectivity index (χ0) is 14.5. The Morgan fingerprint density at radius 1 is 1.45 bits per heavy atom. The van der Waals surface area contributed by atoms with Crippen molar-refractivity contribution in [3.05, 3.63) is 28.2 Å². The topological polar surface area (TPSA) is 24.5 Å². The van der Waals surface area contributed by atoms with Crippen molar-refractivity contribution >= 4 is 21.6 Å². The van der Waals surface area contributed by atoms with E-state index < -0.39 is 0 Å². The molecule has 3 nitrogen and oxygen atoms in total. The molecular formula is C16H25BrN2O. The van der Waals surface area contributed by atoms with Crippen LogP contribution in [-0.4, -0.2) is 31.8 Å². The van der Waals surface area contributed by atoms with Gasteiger partial charge >= 0.3 is 0 Å². The zero-order valence-electron chi connectivity index (χ0n) is 12.7. The Morgan fingerprint density at radius 3 is 2.95 bits per heavy atom. The molecule has 1 unspecified atom stereocenters. The van der Waals surface area contributed by atoms with E-state index in [1.165, 1.54) is 11.3 Å². The fourth-order valence-electron chi connectivity index (χ4n) is 2.48. The van der Waals surface area contributed by atoms with E-state index in [2.05, 4.69) is 65.1 Å². The number of hydrogen-bond donors (Lipinski definition) is 1. The smallest absolute Gasteiger partial charge is 0.0748 e. The largest absolute Gasteiger partial charge is 0.375 e. The highest BCUT2D eigenvalue weighted by atomic mass is 79.9. The number of hydrogen-bond acceptors (Lipinski definition) is 3. The Labute approximate surface area is 130 Å². The minimum absolute atomic E-state index is 0.355. The van der Waals surface area contributed by atoms with Gasteiger partial charge in [-0.15, -0.1) is 0 Å². The maximum Gasteiger partial charge on any atom is 0.0748 e. The first-order chi connectivity index (χ1) is 9.60. The highest BCUT2D eigenvalue weighted by Crippen LogP contribution is 2.27. The molecule has 4 heteroatoms. The summed E-state index contributed by atoms with van der Waals surface area (Å²) in [5.74, 6) is 0. The molecule has 1 aromatic carbocycles. The molecule has 112 valence electrons. The third-order valence-electron chi connectivity index (χ3n) is 3.68. The molecule has 2 rings (SSSR count). The summed E-state index contributed by atoms with van der Waals surface area (Å²) in [6.07, 6.45) is 1.43. The standard InChI is InChI=1S/C16H25BrN2O/c1-4-15-11-19(7-8-20-15)16-9-14(17)6-5-13(16)10-18-12(2)3/h5-6,9,12,15,18H,4,7-8,10-11H2,1-3H3. The van der Waals surface area contributed by atoms with Crippen LogP contribution in [-0.2, 0) is 11.3 Å². The Balaban J connectivity index is 2.17. The maximum absolute atomic E-state index is 5.78. The number of nitrogens with one attached hydrogen (secondary N) is 1. The van der Waals surface area contributed by atoms with Crippen molar-refractivity contribution in [1.29, 1.82) is 0 Å². The number of ether oxygens (including phenoxy) is 1. The first-order valence-electron chi connectivity index (χ1n) is 7.48. The Hall–Kier alpha value is -0.580. The van der Waals surface area contributed by atoms with Crippen LogP contribution in [0.5, 0.6) is 0 Å². The summed E-state index contributed by atoms with van der Waals surface area (Å²) in [5.41, 5.74) is 2.69. The monoisotopic (exact) mass is 340 g/mol. The third kappa shape index (κ3) is 4.21. The molecule has 0 amide bonds. The van der Waals surface area contributed by atoms with Crippen molar-refractivity contribution in [2.45, 2.75) is 45.9 Å². The van der Waals surface area contributed by atoms with Crippen LogP contribution in [0.2, 0.25) is 0 Å². The van der Waals surface area contributed by atoms with Crippen molar-refractivity contribution in [3.8, 4) is 0 Å². The normalized spacial score (nSPS) is 19.6. The van der Waals surface area contributed by atoms with Crippen LogP contribution < -0.4 is 10.2 Å². The average molecular weight is 341 g/mol. The van der Waals surface area contributed by atoms with Gasteiger partial charge < -0.3 is 15.0 Å². The number of morpholine rings is 1. The third-order valence-corrected chi connectivity index (χ3v) is 4.18. The molecule has 0 saturated carbocycles. The van der Waals surface area contributed by atoms with E-state index >= 15 is 0 Å². The summed E-state index contributed by atoms with van der Waals surface area (Å²) < 4.78 is 6.92. The van der Waals surface area contributed by atoms with Gasteiger partial charge in [-0.05, 0) is 24.1 Å². The minimum Gasteiger partial charge on any atom is -0.375 e. The van der Waals surface area contributed by atoms with Gasteiger partial charge in [0.25, 0.3) is 0 Å². The summed E-state index contributed by atoms with van der Waals surface area (Å²) in [6.45, 7) is 10.2. The molecule has 0 bridgehead atoms. The summed E-state index contributed by atoms with van der Waals surface area (Å²) in [4.78, 5) is 2.46. The van der Waals surface area contributed by atoms with E-state index in [4.69, 9.17) is 4.74 Å². The molecule has 1 aliphatic rings. The second-order valence-corrected chi connectivity index (χ2v) is 6.57. The van der Waals surface area contributed by atoms with Crippen molar-refractivity contribution in [1.82, 2.24) is 5.32 Å². The molecule has 1 fully saturated rings. The van der Waals surface area contributed by atoms with Gasteiger partial charge in [0.05, 0.1) is 12.7 Å². The predicted octanol–water partition coefficient (Wildman–Crippen LogP) is 3.56. The Bertz CT molecular complexity index is 436. The molecule has 1 aromatic rings. The van der Waals surface area contributed by atoms with Crippen LogP contribution in [0.1, 0.15) is 32.8 Å². The molecule has 20 heavy (non-hydrogen) atoms. The molecule has 0 aliphatic carbocycles. The highest BCUT2D eigenvalue weighted by molar-refractivity contribution is 9.10. The molecule has 0 spiro atoms. The number of anilines is 1. The lowest BCUT2D eigenvalue weighted by Crippen LogP contribution is -2.42. The van der Waals surface area contributed by atoms with Crippen molar-refractivity contribution in [2.24, 2.45) is 0 Å². The van der Waals surface area contributed by atoms with Crippen LogP contribution >= 0.6 is 15.9 Å². The second-order valence-electron chi connectivity index (χ2n) is 5.66. The quantitative estimate of drug-likeness (QED) is 0.886. The summed E-state index contributed by atoms with van der Waals surface area (Å²) >= 11 is 3.60. The molecule has 0 aromatic heterocycles. The van der Waals surface area contributed by atoms with E-state index in [0.29, 0.717) is 12.1 Å². The highest BCUT2D eigenvalue weighted by Gasteiger charge is 2.21.